The van der Waals surface area contributed by atoms with Gasteiger partial charge in [0.05, 0.1) is 4.90 Å². The van der Waals surface area contributed by atoms with E-state index in [0.717, 1.165) is 40.1 Å². The Hall–Kier alpha value is -4.78. The van der Waals surface area contributed by atoms with Crippen molar-refractivity contribution in [1.82, 2.24) is 9.97 Å². The molecule has 0 N–H and O–H groups in total. The zero-order valence-electron chi connectivity index (χ0n) is 29.2. The van der Waals surface area contributed by atoms with E-state index in [0.29, 0.717) is 15.7 Å². The molecule has 0 saturated heterocycles. The summed E-state index contributed by atoms with van der Waals surface area (Å²) in [6.07, 6.45) is 4.79. The van der Waals surface area contributed by atoms with Gasteiger partial charge in [-0.3, -0.25) is 0 Å². The quantitative estimate of drug-likeness (QED) is 0.120. The van der Waals surface area contributed by atoms with Crippen molar-refractivity contribution in [1.29, 1.82) is 0 Å². The standard InChI is InChI=1S/C34H30NO2SSi.C11H8N.Ir/c1-24(2)20-26-22-31(25-18-19-33-30(21-25)29-16-10-11-17-32(29)38(33,36)37)35-23-34(26)39(3,27-12-6-4-7-13-27)28-14-8-5-9-15-28;1-2-6-10(7-3-1)11-8-4-5-9-12-11;/h4-17,19,21-24H,20H2,1-3H3;1-6,8-9H;/q2*-1;. The van der Waals surface area contributed by atoms with Gasteiger partial charge in [-0.15, -0.1) is 59.7 Å². The second-order valence-corrected chi connectivity index (χ2v) is 19.1. The topological polar surface area (TPSA) is 59.9 Å². The summed E-state index contributed by atoms with van der Waals surface area (Å²) in [5, 5.41) is 4.01. The van der Waals surface area contributed by atoms with Crippen molar-refractivity contribution in [3.63, 3.8) is 0 Å². The largest absolute Gasteiger partial charge is 0.305 e. The van der Waals surface area contributed by atoms with E-state index in [-0.39, 0.29) is 20.1 Å². The minimum atomic E-state index is -3.52. The Morgan fingerprint density at radius 3 is 1.94 bits per heavy atom. The van der Waals surface area contributed by atoms with Crippen molar-refractivity contribution < 1.29 is 28.5 Å². The summed E-state index contributed by atoms with van der Waals surface area (Å²) in [4.78, 5) is 9.91. The van der Waals surface area contributed by atoms with Crippen LogP contribution in [0.15, 0.2) is 168 Å². The van der Waals surface area contributed by atoms with Crippen LogP contribution in [0.25, 0.3) is 33.6 Å². The van der Waals surface area contributed by atoms with Crippen LogP contribution in [-0.2, 0) is 36.4 Å². The summed E-state index contributed by atoms with van der Waals surface area (Å²) in [5.41, 5.74) is 6.39. The molecule has 52 heavy (non-hydrogen) atoms. The number of rotatable bonds is 7. The van der Waals surface area contributed by atoms with Crippen LogP contribution < -0.4 is 15.6 Å². The Morgan fingerprint density at radius 2 is 1.31 bits per heavy atom. The summed E-state index contributed by atoms with van der Waals surface area (Å²) >= 11 is 0. The fourth-order valence-electron chi connectivity index (χ4n) is 6.90. The van der Waals surface area contributed by atoms with Crippen molar-refractivity contribution in [3.8, 4) is 33.6 Å². The van der Waals surface area contributed by atoms with Gasteiger partial charge in [-0.1, -0.05) is 129 Å². The Morgan fingerprint density at radius 1 is 0.654 bits per heavy atom. The van der Waals surface area contributed by atoms with Crippen LogP contribution in [0.3, 0.4) is 0 Å². The van der Waals surface area contributed by atoms with Crippen molar-refractivity contribution >= 4 is 33.5 Å². The Balaban J connectivity index is 0.000000302. The van der Waals surface area contributed by atoms with Gasteiger partial charge in [0.15, 0.2) is 9.84 Å². The molecule has 1 aliphatic heterocycles. The molecular weight excluding hydrogens is 853 g/mol. The predicted octanol–water partition coefficient (Wildman–Crippen LogP) is 8.21. The van der Waals surface area contributed by atoms with Crippen LogP contribution in [0, 0.1) is 18.1 Å². The number of sulfone groups is 1. The van der Waals surface area contributed by atoms with Gasteiger partial charge < -0.3 is 9.97 Å². The maximum absolute atomic E-state index is 13.1. The molecule has 7 heteroatoms. The van der Waals surface area contributed by atoms with Gasteiger partial charge >= 0.3 is 0 Å². The van der Waals surface area contributed by atoms with Gasteiger partial charge in [0.25, 0.3) is 0 Å². The molecule has 0 saturated carbocycles. The first kappa shape index (κ1) is 37.0. The summed E-state index contributed by atoms with van der Waals surface area (Å²) in [6.45, 7) is 6.91. The maximum Gasteiger partial charge on any atom is 0.173 e. The van der Waals surface area contributed by atoms with E-state index >= 15 is 0 Å². The predicted molar refractivity (Wildman–Crippen MR) is 210 cm³/mol. The van der Waals surface area contributed by atoms with Crippen molar-refractivity contribution in [2.24, 2.45) is 5.92 Å². The molecule has 7 aromatic rings. The van der Waals surface area contributed by atoms with Gasteiger partial charge in [-0.25, -0.2) is 8.42 Å². The van der Waals surface area contributed by atoms with Gasteiger partial charge in [0.1, 0.15) is 8.07 Å². The van der Waals surface area contributed by atoms with Gasteiger partial charge in [-0.05, 0) is 61.9 Å². The number of nitrogens with zero attached hydrogens (tertiary/aromatic N) is 2. The number of hydrogen-bond acceptors (Lipinski definition) is 4. The molecule has 0 spiro atoms. The van der Waals surface area contributed by atoms with E-state index in [1.165, 1.54) is 21.1 Å². The van der Waals surface area contributed by atoms with Crippen LogP contribution in [0.2, 0.25) is 6.55 Å². The summed E-state index contributed by atoms with van der Waals surface area (Å²) < 4.78 is 26.2. The average molecular weight is 891 g/mol. The van der Waals surface area contributed by atoms with Crippen LogP contribution in [0.1, 0.15) is 19.4 Å². The number of fused-ring (bicyclic) bond motifs is 3. The Kier molecular flexibility index (Phi) is 11.3. The number of aromatic nitrogens is 2. The van der Waals surface area contributed by atoms with E-state index in [1.54, 1.807) is 24.4 Å². The number of hydrogen-bond donors (Lipinski definition) is 0. The molecular formula is C45H38IrN2O2SSi-2. The van der Waals surface area contributed by atoms with Crippen LogP contribution in [-0.4, -0.2) is 26.5 Å². The molecule has 1 aliphatic rings. The smallest absolute Gasteiger partial charge is 0.173 e. The summed E-state index contributed by atoms with van der Waals surface area (Å²) in [5.74, 6) is 0.463. The molecule has 0 atom stereocenters. The van der Waals surface area contributed by atoms with Crippen molar-refractivity contribution in [2.75, 3.05) is 0 Å². The maximum atomic E-state index is 13.1. The van der Waals surface area contributed by atoms with E-state index in [2.05, 4.69) is 110 Å². The van der Waals surface area contributed by atoms with Crippen LogP contribution in [0.5, 0.6) is 0 Å². The number of pyridine rings is 2. The summed E-state index contributed by atoms with van der Waals surface area (Å²) in [7, 11) is -5.87. The molecule has 0 fully saturated rings. The van der Waals surface area contributed by atoms with Gasteiger partial charge in [0, 0.05) is 32.5 Å². The second kappa shape index (κ2) is 15.8. The van der Waals surface area contributed by atoms with Crippen LogP contribution in [0.4, 0.5) is 0 Å². The molecule has 0 aliphatic carbocycles. The SMILES string of the molecule is CC(C)Cc1cc(-c2[c-]cc3c(c2)-c2ccccc2S3(=O)=O)ncc1[Si](C)(c1ccccc1)c1ccccc1.[Ir].[c-]1ccccc1-c1ccccn1. The fourth-order valence-corrected chi connectivity index (χ4v) is 12.3. The Bertz CT molecular complexity index is 2310. The average Bonchev–Trinajstić information content (AvgIpc) is 3.41. The van der Waals surface area contributed by atoms with E-state index in [1.807, 2.05) is 60.7 Å². The van der Waals surface area contributed by atoms with Crippen molar-refractivity contribution in [3.05, 3.63) is 176 Å². The molecule has 8 rings (SSSR count). The first-order chi connectivity index (χ1) is 24.8. The molecule has 5 aromatic carbocycles. The molecule has 2 aromatic heterocycles. The number of benzene rings is 5. The zero-order valence-corrected chi connectivity index (χ0v) is 33.5. The first-order valence-electron chi connectivity index (χ1n) is 17.2. The normalized spacial score (nSPS) is 12.5. The van der Waals surface area contributed by atoms with Gasteiger partial charge in [-0.2, -0.15) is 0 Å². The zero-order chi connectivity index (χ0) is 35.4. The monoisotopic (exact) mass is 891 g/mol. The minimum Gasteiger partial charge on any atom is -0.305 e. The molecule has 1 radical (unpaired) electrons. The molecule has 0 bridgehead atoms. The minimum absolute atomic E-state index is 0. The third-order valence-electron chi connectivity index (χ3n) is 9.45. The third kappa shape index (κ3) is 7.28. The van der Waals surface area contributed by atoms with Gasteiger partial charge in [0.2, 0.25) is 0 Å². The van der Waals surface area contributed by atoms with Crippen LogP contribution >= 0.6 is 0 Å². The first-order valence-corrected chi connectivity index (χ1v) is 21.1. The van der Waals surface area contributed by atoms with E-state index < -0.39 is 17.9 Å². The Labute approximate surface area is 322 Å². The summed E-state index contributed by atoms with van der Waals surface area (Å²) in [6, 6.07) is 54.7. The molecule has 261 valence electrons. The van der Waals surface area contributed by atoms with Crippen molar-refractivity contribution in [2.45, 2.75) is 36.6 Å². The molecule has 3 heterocycles. The van der Waals surface area contributed by atoms with E-state index in [9.17, 15) is 8.42 Å². The van der Waals surface area contributed by atoms with E-state index in [4.69, 9.17) is 4.98 Å². The second-order valence-electron chi connectivity index (χ2n) is 13.3. The fraction of sp³-hybridized carbons (Fsp3) is 0.111. The third-order valence-corrected chi connectivity index (χ3v) is 15.8. The molecule has 0 unspecified atom stereocenters. The molecule has 0 amide bonds. The molecule has 4 nitrogen and oxygen atoms in total.